The Morgan fingerprint density at radius 2 is 1.44 bits per heavy atom. The highest BCUT2D eigenvalue weighted by Crippen LogP contribution is 2.42. The molecule has 0 radical (unpaired) electrons. The predicted molar refractivity (Wildman–Crippen MR) is 106 cm³/mol. The topological polar surface area (TPSA) is 16.4 Å². The minimum absolute atomic E-state index is 0.871. The molecular weight excluding hydrogens is 306 g/mol. The molecule has 4 rings (SSSR count). The number of hydrogen-bond donors (Lipinski definition) is 0. The zero-order valence-corrected chi connectivity index (χ0v) is 14.8. The summed E-state index contributed by atoms with van der Waals surface area (Å²) in [6, 6.07) is 25.3. The Labute approximate surface area is 148 Å². The summed E-state index contributed by atoms with van der Waals surface area (Å²) in [5, 5.41) is 1.15. The van der Waals surface area contributed by atoms with E-state index in [9.17, 15) is 0 Å². The van der Waals surface area contributed by atoms with Gasteiger partial charge in [-0.2, -0.15) is 0 Å². The number of fused-ring (bicyclic) bond motifs is 1. The van der Waals surface area contributed by atoms with Crippen LogP contribution in [0.2, 0.25) is 0 Å². The van der Waals surface area contributed by atoms with Gasteiger partial charge in [-0.3, -0.25) is 0 Å². The van der Waals surface area contributed by atoms with Crippen molar-refractivity contribution in [1.29, 1.82) is 0 Å². The van der Waals surface area contributed by atoms with Gasteiger partial charge in [-0.05, 0) is 43.7 Å². The molecule has 0 aliphatic rings. The maximum absolute atomic E-state index is 6.28. The Morgan fingerprint density at radius 3 is 2.16 bits per heavy atom. The molecule has 0 unspecified atom stereocenters. The van der Waals surface area contributed by atoms with Gasteiger partial charge >= 0.3 is 0 Å². The standard InChI is InChI=1S/C23H21NO/c1-16-9-12-18(13-10-16)22-20-15-17(2)11-14-21(20)25-23(22)24(3)19-7-5-4-6-8-19/h4-15H,1-3H3. The Balaban J connectivity index is 1.97. The van der Waals surface area contributed by atoms with Gasteiger partial charge in [0.1, 0.15) is 5.58 Å². The molecule has 3 aromatic carbocycles. The number of furan rings is 1. The number of rotatable bonds is 3. The van der Waals surface area contributed by atoms with Gasteiger partial charge in [-0.1, -0.05) is 59.7 Å². The first-order chi connectivity index (χ1) is 12.1. The van der Waals surface area contributed by atoms with Crippen LogP contribution >= 0.6 is 0 Å². The lowest BCUT2D eigenvalue weighted by atomic mass is 10.0. The van der Waals surface area contributed by atoms with E-state index in [1.54, 1.807) is 0 Å². The third-order valence-corrected chi connectivity index (χ3v) is 4.61. The van der Waals surface area contributed by atoms with E-state index >= 15 is 0 Å². The summed E-state index contributed by atoms with van der Waals surface area (Å²) in [6.07, 6.45) is 0. The largest absolute Gasteiger partial charge is 0.439 e. The fourth-order valence-electron chi connectivity index (χ4n) is 3.20. The second-order valence-corrected chi connectivity index (χ2v) is 6.54. The smallest absolute Gasteiger partial charge is 0.208 e. The molecule has 0 saturated heterocycles. The normalized spacial score (nSPS) is 11.0. The van der Waals surface area contributed by atoms with Crippen molar-refractivity contribution in [2.45, 2.75) is 13.8 Å². The van der Waals surface area contributed by atoms with Gasteiger partial charge < -0.3 is 9.32 Å². The highest BCUT2D eigenvalue weighted by Gasteiger charge is 2.20. The van der Waals surface area contributed by atoms with Crippen molar-refractivity contribution in [1.82, 2.24) is 0 Å². The second kappa shape index (κ2) is 6.14. The summed E-state index contributed by atoms with van der Waals surface area (Å²) in [4.78, 5) is 2.12. The number of anilines is 2. The highest BCUT2D eigenvalue weighted by atomic mass is 16.4. The zero-order chi connectivity index (χ0) is 17.4. The van der Waals surface area contributed by atoms with Gasteiger partial charge in [-0.25, -0.2) is 0 Å². The lowest BCUT2D eigenvalue weighted by Gasteiger charge is -2.18. The van der Waals surface area contributed by atoms with Gasteiger partial charge in [0.25, 0.3) is 0 Å². The first-order valence-electron chi connectivity index (χ1n) is 8.52. The van der Waals surface area contributed by atoms with Crippen LogP contribution in [0.4, 0.5) is 11.6 Å². The van der Waals surface area contributed by atoms with E-state index in [0.29, 0.717) is 0 Å². The number of aryl methyl sites for hydroxylation is 2. The maximum Gasteiger partial charge on any atom is 0.208 e. The van der Waals surface area contributed by atoms with Crippen LogP contribution in [0, 0.1) is 13.8 Å². The van der Waals surface area contributed by atoms with E-state index in [-0.39, 0.29) is 0 Å². The Bertz CT molecular complexity index is 1010. The van der Waals surface area contributed by atoms with Crippen molar-refractivity contribution in [3.05, 3.63) is 83.9 Å². The van der Waals surface area contributed by atoms with Crippen LogP contribution in [0.15, 0.2) is 77.2 Å². The van der Waals surface area contributed by atoms with Crippen LogP contribution in [0.5, 0.6) is 0 Å². The lowest BCUT2D eigenvalue weighted by molar-refractivity contribution is 0.617. The van der Waals surface area contributed by atoms with Crippen LogP contribution in [-0.2, 0) is 0 Å². The van der Waals surface area contributed by atoms with Crippen molar-refractivity contribution in [2.75, 3.05) is 11.9 Å². The molecule has 0 spiro atoms. The molecule has 0 amide bonds. The molecule has 4 aromatic rings. The fraction of sp³-hybridized carbons (Fsp3) is 0.130. The van der Waals surface area contributed by atoms with E-state index in [4.69, 9.17) is 4.42 Å². The van der Waals surface area contributed by atoms with E-state index in [2.05, 4.69) is 80.4 Å². The molecule has 0 atom stereocenters. The molecule has 0 aliphatic heterocycles. The molecule has 1 aromatic heterocycles. The highest BCUT2D eigenvalue weighted by molar-refractivity contribution is 6.01. The molecular formula is C23H21NO. The van der Waals surface area contributed by atoms with Crippen LogP contribution < -0.4 is 4.90 Å². The van der Waals surface area contributed by atoms with Gasteiger partial charge in [0.2, 0.25) is 5.88 Å². The monoisotopic (exact) mass is 327 g/mol. The molecule has 0 N–H and O–H groups in total. The summed E-state index contributed by atoms with van der Waals surface area (Å²) in [5.74, 6) is 0.871. The average molecular weight is 327 g/mol. The van der Waals surface area contributed by atoms with Gasteiger partial charge in [0.05, 0.1) is 5.56 Å². The Kier molecular flexibility index (Phi) is 3.81. The summed E-state index contributed by atoms with van der Waals surface area (Å²) in [6.45, 7) is 4.23. The lowest BCUT2D eigenvalue weighted by Crippen LogP contribution is -2.09. The molecule has 0 bridgehead atoms. The van der Waals surface area contributed by atoms with E-state index < -0.39 is 0 Å². The number of hydrogen-bond acceptors (Lipinski definition) is 2. The van der Waals surface area contributed by atoms with Crippen LogP contribution in [0.1, 0.15) is 11.1 Å². The first-order valence-corrected chi connectivity index (χ1v) is 8.52. The number of nitrogens with zero attached hydrogens (tertiary/aromatic N) is 1. The van der Waals surface area contributed by atoms with Gasteiger partial charge in [-0.15, -0.1) is 0 Å². The molecule has 0 saturated carbocycles. The predicted octanol–water partition coefficient (Wildman–Crippen LogP) is 6.48. The van der Waals surface area contributed by atoms with Crippen LogP contribution in [0.3, 0.4) is 0 Å². The summed E-state index contributed by atoms with van der Waals surface area (Å²) >= 11 is 0. The Morgan fingerprint density at radius 1 is 0.760 bits per heavy atom. The molecule has 1 heterocycles. The van der Waals surface area contributed by atoms with Crippen molar-refractivity contribution < 1.29 is 4.42 Å². The summed E-state index contributed by atoms with van der Waals surface area (Å²) < 4.78 is 6.28. The molecule has 2 nitrogen and oxygen atoms in total. The van der Waals surface area contributed by atoms with Crippen molar-refractivity contribution in [2.24, 2.45) is 0 Å². The minimum atomic E-state index is 0.871. The summed E-state index contributed by atoms with van der Waals surface area (Å²) in [7, 11) is 2.05. The SMILES string of the molecule is Cc1ccc(-c2c(N(C)c3ccccc3)oc3ccc(C)cc23)cc1. The zero-order valence-electron chi connectivity index (χ0n) is 14.8. The second-order valence-electron chi connectivity index (χ2n) is 6.54. The van der Waals surface area contributed by atoms with E-state index in [1.165, 1.54) is 16.7 Å². The number of para-hydroxylation sites is 1. The van der Waals surface area contributed by atoms with Crippen LogP contribution in [-0.4, -0.2) is 7.05 Å². The third-order valence-electron chi connectivity index (χ3n) is 4.61. The maximum atomic E-state index is 6.28. The van der Waals surface area contributed by atoms with Crippen molar-refractivity contribution in [3.8, 4) is 11.1 Å². The fourth-order valence-corrected chi connectivity index (χ4v) is 3.20. The molecule has 2 heteroatoms. The van der Waals surface area contributed by atoms with Gasteiger partial charge in [0.15, 0.2) is 0 Å². The van der Waals surface area contributed by atoms with Crippen LogP contribution in [0.25, 0.3) is 22.1 Å². The average Bonchev–Trinajstić information content (AvgIpc) is 3.01. The molecule has 0 aliphatic carbocycles. The third kappa shape index (κ3) is 2.80. The van der Waals surface area contributed by atoms with E-state index in [0.717, 1.165) is 28.1 Å². The first kappa shape index (κ1) is 15.5. The minimum Gasteiger partial charge on any atom is -0.439 e. The molecule has 0 fully saturated rings. The van der Waals surface area contributed by atoms with Crippen molar-refractivity contribution >= 4 is 22.5 Å². The Hall–Kier alpha value is -3.00. The molecule has 124 valence electrons. The van der Waals surface area contributed by atoms with Gasteiger partial charge in [0, 0.05) is 18.1 Å². The van der Waals surface area contributed by atoms with E-state index in [1.807, 2.05) is 18.2 Å². The summed E-state index contributed by atoms with van der Waals surface area (Å²) in [5.41, 5.74) is 6.82. The quantitative estimate of drug-likeness (QED) is 0.428. The van der Waals surface area contributed by atoms with Crippen molar-refractivity contribution in [3.63, 3.8) is 0 Å². The molecule has 25 heavy (non-hydrogen) atoms. The number of benzene rings is 3.